The van der Waals surface area contributed by atoms with Crippen molar-refractivity contribution in [2.45, 2.75) is 25.7 Å². The van der Waals surface area contributed by atoms with Crippen LogP contribution in [-0.4, -0.2) is 50.9 Å². The van der Waals surface area contributed by atoms with Gasteiger partial charge in [-0.3, -0.25) is 30.3 Å². The zero-order valence-corrected chi connectivity index (χ0v) is 19.1. The molecule has 9 nitrogen and oxygen atoms in total. The molecule has 1 aromatic carbocycles. The van der Waals surface area contributed by atoms with Gasteiger partial charge in [-0.05, 0) is 38.0 Å². The van der Waals surface area contributed by atoms with Crippen molar-refractivity contribution in [3.63, 3.8) is 0 Å². The summed E-state index contributed by atoms with van der Waals surface area (Å²) in [5.41, 5.74) is 5.58. The Bertz CT molecular complexity index is 1180. The number of carbonyl (C=O) groups is 3. The van der Waals surface area contributed by atoms with Gasteiger partial charge in [-0.25, -0.2) is 9.37 Å². The van der Waals surface area contributed by atoms with Gasteiger partial charge in [0, 0.05) is 30.1 Å². The molecule has 1 aliphatic rings. The summed E-state index contributed by atoms with van der Waals surface area (Å²) < 4.78 is 14.1. The van der Waals surface area contributed by atoms with Gasteiger partial charge in [-0.15, -0.1) is 11.3 Å². The maximum atomic E-state index is 14.1. The third-order valence-corrected chi connectivity index (χ3v) is 6.61. The second kappa shape index (κ2) is 9.67. The van der Waals surface area contributed by atoms with Crippen molar-refractivity contribution in [3.8, 4) is 0 Å². The lowest BCUT2D eigenvalue weighted by Crippen LogP contribution is -2.42. The number of aromatic nitrogens is 3. The van der Waals surface area contributed by atoms with Gasteiger partial charge in [0.2, 0.25) is 0 Å². The number of H-pyrrole nitrogens is 1. The van der Waals surface area contributed by atoms with Crippen LogP contribution in [0.25, 0.3) is 0 Å². The fraction of sp³-hybridized carbons (Fsp3) is 0.286. The van der Waals surface area contributed by atoms with Crippen LogP contribution >= 0.6 is 22.9 Å². The third-order valence-electron chi connectivity index (χ3n) is 5.29. The predicted octanol–water partition coefficient (Wildman–Crippen LogP) is 3.06. The van der Waals surface area contributed by atoms with Gasteiger partial charge >= 0.3 is 0 Å². The van der Waals surface area contributed by atoms with Crippen molar-refractivity contribution in [2.75, 3.05) is 13.1 Å². The molecule has 1 aliphatic heterocycles. The SMILES string of the molecule is Cc1cc(C(=O)NNC(=O)c2csc(C3CCN(C(=O)c4c(F)cccc4Cl)CC3)n2)n[nH]1. The fourth-order valence-electron chi connectivity index (χ4n) is 3.55. The highest BCUT2D eigenvalue weighted by molar-refractivity contribution is 7.09. The normalized spacial score (nSPS) is 14.2. The first-order valence-corrected chi connectivity index (χ1v) is 11.4. The van der Waals surface area contributed by atoms with Crippen LogP contribution in [0.4, 0.5) is 4.39 Å². The molecule has 0 saturated carbocycles. The molecule has 3 aromatic rings. The molecule has 0 radical (unpaired) electrons. The number of amides is 3. The first-order chi connectivity index (χ1) is 15.8. The molecule has 0 unspecified atom stereocenters. The number of likely N-dealkylation sites (tertiary alicyclic amines) is 1. The number of aryl methyl sites for hydroxylation is 1. The number of carbonyl (C=O) groups excluding carboxylic acids is 3. The molecule has 1 saturated heterocycles. The first-order valence-electron chi connectivity index (χ1n) is 10.1. The van der Waals surface area contributed by atoms with E-state index in [0.29, 0.717) is 25.9 Å². The highest BCUT2D eigenvalue weighted by atomic mass is 35.5. The maximum Gasteiger partial charge on any atom is 0.290 e. The number of hydrogen-bond donors (Lipinski definition) is 3. The Labute approximate surface area is 197 Å². The molecule has 172 valence electrons. The zero-order chi connectivity index (χ0) is 23.5. The van der Waals surface area contributed by atoms with Crippen LogP contribution in [-0.2, 0) is 0 Å². The number of rotatable bonds is 4. The number of thiazole rings is 1. The lowest BCUT2D eigenvalue weighted by Gasteiger charge is -2.31. The molecular formula is C21H20ClFN6O3S. The molecule has 0 aliphatic carbocycles. The van der Waals surface area contributed by atoms with Gasteiger partial charge in [0.1, 0.15) is 11.5 Å². The number of piperidine rings is 1. The Kier molecular flexibility index (Phi) is 6.70. The highest BCUT2D eigenvalue weighted by Crippen LogP contribution is 2.31. The van der Waals surface area contributed by atoms with E-state index in [4.69, 9.17) is 11.6 Å². The molecule has 12 heteroatoms. The summed E-state index contributed by atoms with van der Waals surface area (Å²) in [6.07, 6.45) is 1.25. The number of hydrogen-bond acceptors (Lipinski definition) is 6. The van der Waals surface area contributed by atoms with Crippen LogP contribution in [0.3, 0.4) is 0 Å². The maximum absolute atomic E-state index is 14.1. The number of benzene rings is 1. The fourth-order valence-corrected chi connectivity index (χ4v) is 4.76. The average molecular weight is 491 g/mol. The lowest BCUT2D eigenvalue weighted by atomic mass is 9.97. The van der Waals surface area contributed by atoms with Crippen molar-refractivity contribution >= 4 is 40.7 Å². The van der Waals surface area contributed by atoms with Gasteiger partial charge in [0.25, 0.3) is 17.7 Å². The van der Waals surface area contributed by atoms with Crippen molar-refractivity contribution < 1.29 is 18.8 Å². The van der Waals surface area contributed by atoms with Gasteiger partial charge < -0.3 is 4.90 Å². The minimum atomic E-state index is -0.639. The van der Waals surface area contributed by atoms with E-state index in [-0.39, 0.29) is 27.9 Å². The molecule has 3 heterocycles. The monoisotopic (exact) mass is 490 g/mol. The lowest BCUT2D eigenvalue weighted by molar-refractivity contribution is 0.0708. The summed E-state index contributed by atoms with van der Waals surface area (Å²) in [7, 11) is 0. The van der Waals surface area contributed by atoms with Crippen LogP contribution < -0.4 is 10.9 Å². The topological polar surface area (TPSA) is 120 Å². The molecule has 0 atom stereocenters. The molecule has 4 rings (SSSR count). The predicted molar refractivity (Wildman–Crippen MR) is 120 cm³/mol. The molecular weight excluding hydrogens is 471 g/mol. The number of hydrazine groups is 1. The average Bonchev–Trinajstić information content (AvgIpc) is 3.47. The molecule has 0 spiro atoms. The van der Waals surface area contributed by atoms with Crippen LogP contribution in [0.15, 0.2) is 29.6 Å². The minimum Gasteiger partial charge on any atom is -0.338 e. The Balaban J connectivity index is 1.32. The molecule has 3 amide bonds. The van der Waals surface area contributed by atoms with Crippen molar-refractivity contribution in [1.82, 2.24) is 30.9 Å². The van der Waals surface area contributed by atoms with E-state index < -0.39 is 23.5 Å². The van der Waals surface area contributed by atoms with Crippen LogP contribution in [0, 0.1) is 12.7 Å². The second-order valence-electron chi connectivity index (χ2n) is 7.58. The van der Waals surface area contributed by atoms with Crippen LogP contribution in [0.5, 0.6) is 0 Å². The molecule has 33 heavy (non-hydrogen) atoms. The number of aromatic amines is 1. The van der Waals surface area contributed by atoms with E-state index in [1.807, 2.05) is 0 Å². The summed E-state index contributed by atoms with van der Waals surface area (Å²) >= 11 is 7.36. The number of nitrogens with zero attached hydrogens (tertiary/aromatic N) is 3. The summed E-state index contributed by atoms with van der Waals surface area (Å²) in [5.74, 6) is -2.09. The smallest absolute Gasteiger partial charge is 0.290 e. The Hall–Kier alpha value is -3.31. The highest BCUT2D eigenvalue weighted by Gasteiger charge is 2.29. The third kappa shape index (κ3) is 5.04. The molecule has 1 fully saturated rings. The van der Waals surface area contributed by atoms with Crippen molar-refractivity contribution in [2.24, 2.45) is 0 Å². The van der Waals surface area contributed by atoms with Gasteiger partial charge in [-0.2, -0.15) is 5.10 Å². The van der Waals surface area contributed by atoms with Gasteiger partial charge in [-0.1, -0.05) is 17.7 Å². The van der Waals surface area contributed by atoms with E-state index in [9.17, 15) is 18.8 Å². The Morgan fingerprint density at radius 3 is 2.52 bits per heavy atom. The standard InChI is InChI=1S/C21H20ClFN6O3S/c1-11-9-15(26-25-11)18(30)27-28-19(31)16-10-33-20(24-16)12-5-7-29(8-6-12)21(32)17-13(22)3-2-4-14(17)23/h2-4,9-10,12H,5-8H2,1H3,(H,25,26)(H,27,30)(H,28,31). The van der Waals surface area contributed by atoms with Crippen LogP contribution in [0.2, 0.25) is 5.02 Å². The first kappa shape index (κ1) is 22.9. The van der Waals surface area contributed by atoms with Gasteiger partial charge in [0.05, 0.1) is 15.6 Å². The quantitative estimate of drug-likeness (QED) is 0.485. The Morgan fingerprint density at radius 1 is 1.18 bits per heavy atom. The Morgan fingerprint density at radius 2 is 1.88 bits per heavy atom. The summed E-state index contributed by atoms with van der Waals surface area (Å²) in [5, 5.41) is 8.95. The summed E-state index contributed by atoms with van der Waals surface area (Å²) in [6.45, 7) is 2.61. The summed E-state index contributed by atoms with van der Waals surface area (Å²) in [4.78, 5) is 43.0. The zero-order valence-electron chi connectivity index (χ0n) is 17.5. The van der Waals surface area contributed by atoms with E-state index >= 15 is 0 Å². The molecule has 2 aromatic heterocycles. The largest absolute Gasteiger partial charge is 0.338 e. The van der Waals surface area contributed by atoms with Gasteiger partial charge in [0.15, 0.2) is 5.69 Å². The summed E-state index contributed by atoms with van der Waals surface area (Å²) in [6, 6.07) is 5.72. The van der Waals surface area contributed by atoms with E-state index in [0.717, 1.165) is 10.7 Å². The van der Waals surface area contributed by atoms with E-state index in [2.05, 4.69) is 26.0 Å². The molecule has 0 bridgehead atoms. The second-order valence-corrected chi connectivity index (χ2v) is 8.88. The number of halogens is 2. The van der Waals surface area contributed by atoms with E-state index in [1.165, 1.54) is 29.5 Å². The van der Waals surface area contributed by atoms with Crippen LogP contribution in [0.1, 0.15) is 60.8 Å². The number of nitrogens with one attached hydrogen (secondary N) is 3. The minimum absolute atomic E-state index is 0.0679. The van der Waals surface area contributed by atoms with Crippen molar-refractivity contribution in [3.05, 3.63) is 68.1 Å². The van der Waals surface area contributed by atoms with Crippen molar-refractivity contribution in [1.29, 1.82) is 0 Å². The molecule has 3 N–H and O–H groups in total. The van der Waals surface area contributed by atoms with E-state index in [1.54, 1.807) is 23.3 Å².